The van der Waals surface area contributed by atoms with Crippen molar-refractivity contribution >= 4 is 47.4 Å². The van der Waals surface area contributed by atoms with Crippen molar-refractivity contribution < 1.29 is 9.53 Å². The highest BCUT2D eigenvalue weighted by atomic mass is 127. The highest BCUT2D eigenvalue weighted by Gasteiger charge is 2.24. The molecule has 0 radical (unpaired) electrons. The molecule has 1 aliphatic rings. The number of ether oxygens (including phenoxy) is 1. The Morgan fingerprint density at radius 1 is 1.26 bits per heavy atom. The summed E-state index contributed by atoms with van der Waals surface area (Å²) < 4.78 is 5.08. The number of carbonyl (C=O) groups is 1. The van der Waals surface area contributed by atoms with Crippen molar-refractivity contribution in [3.8, 4) is 0 Å². The molecule has 1 aliphatic heterocycles. The van der Waals surface area contributed by atoms with Gasteiger partial charge in [-0.3, -0.25) is 0 Å². The molecule has 9 heteroatoms. The Morgan fingerprint density at radius 2 is 1.89 bits per heavy atom. The van der Waals surface area contributed by atoms with E-state index in [2.05, 4.69) is 43.3 Å². The van der Waals surface area contributed by atoms with E-state index < -0.39 is 0 Å². The van der Waals surface area contributed by atoms with Crippen LogP contribution in [0.2, 0.25) is 0 Å². The number of amides is 1. The summed E-state index contributed by atoms with van der Waals surface area (Å²) in [5.41, 5.74) is 1.07. The summed E-state index contributed by atoms with van der Waals surface area (Å²) in [6.07, 6.45) is -0.230. The molecule has 27 heavy (non-hydrogen) atoms. The number of hydrogen-bond donors (Lipinski definition) is 1. The zero-order valence-electron chi connectivity index (χ0n) is 16.9. The summed E-state index contributed by atoms with van der Waals surface area (Å²) in [6, 6.07) is 0. The normalized spacial score (nSPS) is 15.4. The molecule has 7 nitrogen and oxygen atoms in total. The van der Waals surface area contributed by atoms with Gasteiger partial charge >= 0.3 is 6.09 Å². The fourth-order valence-electron chi connectivity index (χ4n) is 2.62. The summed E-state index contributed by atoms with van der Waals surface area (Å²) >= 11 is 1.69. The van der Waals surface area contributed by atoms with E-state index in [9.17, 15) is 4.79 Å². The van der Waals surface area contributed by atoms with Crippen LogP contribution in [0.1, 0.15) is 45.3 Å². The molecule has 0 atom stereocenters. The van der Waals surface area contributed by atoms with Crippen LogP contribution in [0.25, 0.3) is 0 Å². The summed E-state index contributed by atoms with van der Waals surface area (Å²) in [6.45, 7) is 15.0. The van der Waals surface area contributed by atoms with Gasteiger partial charge in [-0.15, -0.1) is 35.3 Å². The Bertz CT molecular complexity index is 622. The zero-order chi connectivity index (χ0) is 19.2. The molecular formula is C18H32IN5O2S. The van der Waals surface area contributed by atoms with Crippen molar-refractivity contribution in [3.05, 3.63) is 16.1 Å². The van der Waals surface area contributed by atoms with Crippen LogP contribution >= 0.6 is 35.3 Å². The molecule has 154 valence electrons. The number of nitrogens with one attached hydrogen (secondary N) is 1. The molecule has 0 unspecified atom stereocenters. The Labute approximate surface area is 183 Å². The number of nitrogens with zero attached hydrogens (tertiary/aromatic N) is 4. The first-order valence-corrected chi connectivity index (χ1v) is 10.1. The Kier molecular flexibility index (Phi) is 9.78. The Balaban J connectivity index is 0.00000364. The molecule has 1 aromatic rings. The molecule has 0 saturated carbocycles. The van der Waals surface area contributed by atoms with E-state index in [0.717, 1.165) is 36.3 Å². The van der Waals surface area contributed by atoms with Crippen LogP contribution in [0.3, 0.4) is 0 Å². The van der Waals surface area contributed by atoms with Crippen LogP contribution in [-0.4, -0.2) is 66.2 Å². The first-order chi connectivity index (χ1) is 12.3. The van der Waals surface area contributed by atoms with E-state index in [1.165, 1.54) is 0 Å². The van der Waals surface area contributed by atoms with Crippen LogP contribution in [0.4, 0.5) is 4.79 Å². The summed E-state index contributed by atoms with van der Waals surface area (Å²) in [5.74, 6) is 0.876. The van der Waals surface area contributed by atoms with Crippen LogP contribution in [0.15, 0.2) is 10.4 Å². The molecule has 2 heterocycles. The number of rotatable bonds is 4. The second-order valence-electron chi connectivity index (χ2n) is 7.24. The van der Waals surface area contributed by atoms with Crippen LogP contribution in [0, 0.1) is 0 Å². The van der Waals surface area contributed by atoms with Gasteiger partial charge < -0.3 is 19.9 Å². The van der Waals surface area contributed by atoms with E-state index >= 15 is 0 Å². The Hall–Kier alpha value is -1.10. The maximum absolute atomic E-state index is 11.8. The van der Waals surface area contributed by atoms with Gasteiger partial charge in [0.2, 0.25) is 0 Å². The number of aromatic nitrogens is 1. The highest BCUT2D eigenvalue weighted by molar-refractivity contribution is 14.0. The summed E-state index contributed by atoms with van der Waals surface area (Å²) in [4.78, 5) is 25.2. The minimum absolute atomic E-state index is 0. The number of aliphatic imine (C=N–C) groups is 1. The summed E-state index contributed by atoms with van der Waals surface area (Å²) in [7, 11) is 0. The second kappa shape index (κ2) is 11.0. The summed E-state index contributed by atoms with van der Waals surface area (Å²) in [5, 5.41) is 6.57. The second-order valence-corrected chi connectivity index (χ2v) is 8.10. The number of halogens is 1. The number of guanidine groups is 1. The molecular weight excluding hydrogens is 477 g/mol. The molecule has 0 aromatic carbocycles. The molecule has 1 N–H and O–H groups in total. The van der Waals surface area contributed by atoms with Gasteiger partial charge in [-0.25, -0.2) is 14.8 Å². The highest BCUT2D eigenvalue weighted by Crippen LogP contribution is 2.25. The van der Waals surface area contributed by atoms with Crippen molar-refractivity contribution in [2.75, 3.05) is 39.3 Å². The molecule has 1 aromatic heterocycles. The predicted molar refractivity (Wildman–Crippen MR) is 121 cm³/mol. The van der Waals surface area contributed by atoms with E-state index in [1.807, 2.05) is 6.92 Å². The maximum Gasteiger partial charge on any atom is 0.409 e. The average Bonchev–Trinajstić information content (AvgIpc) is 3.08. The van der Waals surface area contributed by atoms with Crippen molar-refractivity contribution in [3.63, 3.8) is 0 Å². The van der Waals surface area contributed by atoms with Gasteiger partial charge in [-0.2, -0.15) is 0 Å². The van der Waals surface area contributed by atoms with Gasteiger partial charge in [0, 0.05) is 43.5 Å². The first-order valence-electron chi connectivity index (χ1n) is 9.25. The molecule has 0 spiro atoms. The monoisotopic (exact) mass is 509 g/mol. The van der Waals surface area contributed by atoms with E-state index in [4.69, 9.17) is 14.7 Å². The van der Waals surface area contributed by atoms with Crippen molar-refractivity contribution in [1.29, 1.82) is 0 Å². The topological polar surface area (TPSA) is 70.1 Å². The van der Waals surface area contributed by atoms with Gasteiger partial charge in [-0.05, 0) is 13.8 Å². The van der Waals surface area contributed by atoms with Gasteiger partial charge in [0.05, 0.1) is 23.9 Å². The standard InChI is InChI=1S/C18H31N5O2S.HI/c1-6-19-16(20-12-14-13-26-15(21-14)18(3,4)5)22-8-10-23(11-9-22)17(24)25-7-2;/h13H,6-12H2,1-5H3,(H,19,20);1H. The fourth-order valence-corrected chi connectivity index (χ4v) is 3.52. The number of carbonyl (C=O) groups excluding carboxylic acids is 1. The third-order valence-electron chi connectivity index (χ3n) is 4.02. The maximum atomic E-state index is 11.8. The van der Waals surface area contributed by atoms with Gasteiger partial charge in [0.25, 0.3) is 0 Å². The minimum Gasteiger partial charge on any atom is -0.450 e. The van der Waals surface area contributed by atoms with Crippen molar-refractivity contribution in [1.82, 2.24) is 20.1 Å². The van der Waals surface area contributed by atoms with Crippen LogP contribution in [-0.2, 0) is 16.7 Å². The molecule has 2 rings (SSSR count). The third-order valence-corrected chi connectivity index (χ3v) is 5.34. The lowest BCUT2D eigenvalue weighted by Gasteiger charge is -2.35. The zero-order valence-corrected chi connectivity index (χ0v) is 20.1. The number of thiazole rings is 1. The van der Waals surface area contributed by atoms with Gasteiger partial charge in [0.15, 0.2) is 5.96 Å². The number of hydrogen-bond acceptors (Lipinski definition) is 5. The lowest BCUT2D eigenvalue weighted by molar-refractivity contribution is 0.0914. The van der Waals surface area contributed by atoms with Crippen molar-refractivity contribution in [2.45, 2.75) is 46.6 Å². The SMILES string of the molecule is CCNC(=NCc1csc(C(C)(C)C)n1)N1CCN(C(=O)OCC)CC1.I. The minimum atomic E-state index is -0.230. The fraction of sp³-hybridized carbons (Fsp3) is 0.722. The lowest BCUT2D eigenvalue weighted by Crippen LogP contribution is -2.53. The van der Waals surface area contributed by atoms with E-state index in [-0.39, 0.29) is 35.5 Å². The van der Waals surface area contributed by atoms with Crippen molar-refractivity contribution in [2.24, 2.45) is 4.99 Å². The van der Waals surface area contributed by atoms with Crippen LogP contribution in [0.5, 0.6) is 0 Å². The predicted octanol–water partition coefficient (Wildman–Crippen LogP) is 3.30. The smallest absolute Gasteiger partial charge is 0.409 e. The quantitative estimate of drug-likeness (QED) is 0.383. The molecule has 1 fully saturated rings. The van der Waals surface area contributed by atoms with Gasteiger partial charge in [0.1, 0.15) is 0 Å². The number of piperazine rings is 1. The largest absolute Gasteiger partial charge is 0.450 e. The molecule has 0 bridgehead atoms. The molecule has 1 saturated heterocycles. The van der Waals surface area contributed by atoms with Gasteiger partial charge in [-0.1, -0.05) is 20.8 Å². The van der Waals surface area contributed by atoms with E-state index in [1.54, 1.807) is 16.2 Å². The van der Waals surface area contributed by atoms with Crippen LogP contribution < -0.4 is 5.32 Å². The molecule has 1 amide bonds. The lowest BCUT2D eigenvalue weighted by atomic mass is 9.98. The first kappa shape index (κ1) is 23.9. The third kappa shape index (κ3) is 7.10. The molecule has 0 aliphatic carbocycles. The van der Waals surface area contributed by atoms with E-state index in [0.29, 0.717) is 26.2 Å². The average molecular weight is 509 g/mol. The Morgan fingerprint density at radius 3 is 2.41 bits per heavy atom.